The maximum atomic E-state index is 12.7. The van der Waals surface area contributed by atoms with Crippen molar-refractivity contribution in [2.45, 2.75) is 38.9 Å². The number of benzene rings is 1. The molecule has 28 heavy (non-hydrogen) atoms. The van der Waals surface area contributed by atoms with Gasteiger partial charge in [0.1, 0.15) is 5.69 Å². The van der Waals surface area contributed by atoms with Gasteiger partial charge in [0.15, 0.2) is 0 Å². The van der Waals surface area contributed by atoms with Crippen LogP contribution in [-0.4, -0.2) is 33.7 Å². The zero-order valence-electron chi connectivity index (χ0n) is 16.3. The molecule has 1 unspecified atom stereocenters. The first-order valence-corrected chi connectivity index (χ1v) is 10.7. The van der Waals surface area contributed by atoms with Crippen LogP contribution in [-0.2, 0) is 13.0 Å². The number of thiophene rings is 1. The molecular formula is C22H26N4OS. The van der Waals surface area contributed by atoms with Crippen molar-refractivity contribution in [2.24, 2.45) is 0 Å². The number of nitrogens with zero attached hydrogens (tertiary/aromatic N) is 3. The maximum absolute atomic E-state index is 12.7. The molecule has 1 N–H and O–H groups in total. The molecule has 1 aromatic carbocycles. The lowest BCUT2D eigenvalue weighted by atomic mass is 10.0. The Morgan fingerprint density at radius 3 is 2.79 bits per heavy atom. The summed E-state index contributed by atoms with van der Waals surface area (Å²) in [4.78, 5) is 16.6. The van der Waals surface area contributed by atoms with Crippen molar-refractivity contribution in [3.05, 3.63) is 75.7 Å². The van der Waals surface area contributed by atoms with E-state index in [1.807, 2.05) is 28.3 Å². The van der Waals surface area contributed by atoms with Crippen LogP contribution in [0.25, 0.3) is 0 Å². The molecule has 0 saturated carbocycles. The molecule has 3 aromatic rings. The van der Waals surface area contributed by atoms with Crippen LogP contribution in [0.15, 0.2) is 54.0 Å². The summed E-state index contributed by atoms with van der Waals surface area (Å²) in [7, 11) is 0. The molecule has 1 aliphatic rings. The van der Waals surface area contributed by atoms with Gasteiger partial charge in [0.25, 0.3) is 5.91 Å². The zero-order valence-corrected chi connectivity index (χ0v) is 17.2. The molecule has 2 aromatic heterocycles. The Hall–Kier alpha value is -2.44. The standard InChI is InChI=1S/C22H26N4OS/c1-16(2)26-12-8-19(24-26)22(27)23-14-20(17-6-4-3-5-7-17)25-11-9-21-18(15-25)10-13-28-21/h3-8,10,12-13,16,20H,9,11,14-15H2,1-2H3,(H,23,27). The van der Waals surface area contributed by atoms with E-state index in [2.05, 4.69) is 64.9 Å². The fourth-order valence-electron chi connectivity index (χ4n) is 3.70. The molecule has 0 saturated heterocycles. The van der Waals surface area contributed by atoms with E-state index in [0.29, 0.717) is 12.2 Å². The first-order chi connectivity index (χ1) is 13.6. The van der Waals surface area contributed by atoms with Gasteiger partial charge in [-0.1, -0.05) is 30.3 Å². The minimum absolute atomic E-state index is 0.117. The Morgan fingerprint density at radius 2 is 2.04 bits per heavy atom. The second-order valence-electron chi connectivity index (χ2n) is 7.50. The molecule has 0 fully saturated rings. The average molecular weight is 395 g/mol. The molecule has 0 bridgehead atoms. The van der Waals surface area contributed by atoms with Crippen LogP contribution in [0.2, 0.25) is 0 Å². The first kappa shape index (κ1) is 18.9. The third-order valence-electron chi connectivity index (χ3n) is 5.29. The Bertz CT molecular complexity index is 931. The Kier molecular flexibility index (Phi) is 5.59. The highest BCUT2D eigenvalue weighted by Crippen LogP contribution is 2.30. The predicted octanol–water partition coefficient (Wildman–Crippen LogP) is 4.05. The topological polar surface area (TPSA) is 50.2 Å². The molecule has 146 valence electrons. The van der Waals surface area contributed by atoms with Crippen molar-refractivity contribution in [3.8, 4) is 0 Å². The van der Waals surface area contributed by atoms with E-state index in [4.69, 9.17) is 0 Å². The van der Waals surface area contributed by atoms with E-state index in [-0.39, 0.29) is 18.0 Å². The number of fused-ring (bicyclic) bond motifs is 1. The molecule has 5 nitrogen and oxygen atoms in total. The SMILES string of the molecule is CC(C)n1ccc(C(=O)NCC(c2ccccc2)N2CCc3sccc3C2)n1. The number of rotatable bonds is 6. The van der Waals surface area contributed by atoms with Gasteiger partial charge in [-0.3, -0.25) is 14.4 Å². The van der Waals surface area contributed by atoms with Crippen LogP contribution >= 0.6 is 11.3 Å². The lowest BCUT2D eigenvalue weighted by molar-refractivity contribution is 0.0922. The minimum Gasteiger partial charge on any atom is -0.349 e. The van der Waals surface area contributed by atoms with Crippen molar-refractivity contribution in [2.75, 3.05) is 13.1 Å². The van der Waals surface area contributed by atoms with E-state index in [9.17, 15) is 4.79 Å². The highest BCUT2D eigenvalue weighted by atomic mass is 32.1. The third kappa shape index (κ3) is 4.03. The van der Waals surface area contributed by atoms with Crippen LogP contribution in [0.1, 0.15) is 52.4 Å². The maximum Gasteiger partial charge on any atom is 0.271 e. The number of hydrogen-bond donors (Lipinski definition) is 1. The molecule has 3 heterocycles. The molecule has 0 aliphatic carbocycles. The van der Waals surface area contributed by atoms with Gasteiger partial charge in [0.2, 0.25) is 0 Å². The van der Waals surface area contributed by atoms with Crippen LogP contribution in [0.5, 0.6) is 0 Å². The van der Waals surface area contributed by atoms with Gasteiger partial charge in [-0.25, -0.2) is 0 Å². The highest BCUT2D eigenvalue weighted by Gasteiger charge is 2.26. The average Bonchev–Trinajstić information content (AvgIpc) is 3.38. The minimum atomic E-state index is -0.117. The molecule has 1 aliphatic heterocycles. The fourth-order valence-corrected chi connectivity index (χ4v) is 4.59. The van der Waals surface area contributed by atoms with Gasteiger partial charge in [-0.15, -0.1) is 11.3 Å². The van der Waals surface area contributed by atoms with Crippen molar-refractivity contribution < 1.29 is 4.79 Å². The van der Waals surface area contributed by atoms with Gasteiger partial charge >= 0.3 is 0 Å². The summed E-state index contributed by atoms with van der Waals surface area (Å²) in [5.41, 5.74) is 3.12. The summed E-state index contributed by atoms with van der Waals surface area (Å²) < 4.78 is 1.81. The van der Waals surface area contributed by atoms with E-state index in [1.165, 1.54) is 16.0 Å². The number of hydrogen-bond acceptors (Lipinski definition) is 4. The first-order valence-electron chi connectivity index (χ1n) is 9.79. The summed E-state index contributed by atoms with van der Waals surface area (Å²) in [6, 6.07) is 14.8. The van der Waals surface area contributed by atoms with Crippen molar-refractivity contribution in [1.29, 1.82) is 0 Å². The number of aromatic nitrogens is 2. The van der Waals surface area contributed by atoms with E-state index < -0.39 is 0 Å². The summed E-state index contributed by atoms with van der Waals surface area (Å²) in [6.07, 6.45) is 2.93. The van der Waals surface area contributed by atoms with Gasteiger partial charge in [-0.05, 0) is 48.9 Å². The second kappa shape index (κ2) is 8.29. The zero-order chi connectivity index (χ0) is 19.5. The lowest BCUT2D eigenvalue weighted by Gasteiger charge is -2.35. The molecule has 0 radical (unpaired) electrons. The normalized spacial score (nSPS) is 15.4. The van der Waals surface area contributed by atoms with Gasteiger partial charge in [-0.2, -0.15) is 5.10 Å². The van der Waals surface area contributed by atoms with Crippen LogP contribution in [0.4, 0.5) is 0 Å². The van der Waals surface area contributed by atoms with Crippen molar-refractivity contribution in [3.63, 3.8) is 0 Å². The summed E-state index contributed by atoms with van der Waals surface area (Å²) in [5, 5.41) is 9.68. The van der Waals surface area contributed by atoms with Gasteiger partial charge in [0, 0.05) is 36.8 Å². The molecule has 1 atom stereocenters. The predicted molar refractivity (Wildman–Crippen MR) is 113 cm³/mol. The number of carbonyl (C=O) groups is 1. The number of amides is 1. The third-order valence-corrected chi connectivity index (χ3v) is 6.31. The molecule has 6 heteroatoms. The monoisotopic (exact) mass is 394 g/mol. The Labute approximate surface area is 170 Å². The molecule has 1 amide bonds. The van der Waals surface area contributed by atoms with E-state index in [0.717, 1.165) is 19.5 Å². The molecule has 0 spiro atoms. The molecular weight excluding hydrogens is 368 g/mol. The summed E-state index contributed by atoms with van der Waals surface area (Å²) in [5.74, 6) is -0.117. The highest BCUT2D eigenvalue weighted by molar-refractivity contribution is 7.10. The smallest absolute Gasteiger partial charge is 0.271 e. The van der Waals surface area contributed by atoms with Crippen molar-refractivity contribution >= 4 is 17.2 Å². The quantitative estimate of drug-likeness (QED) is 0.686. The van der Waals surface area contributed by atoms with Crippen LogP contribution in [0.3, 0.4) is 0 Å². The Balaban J connectivity index is 1.49. The number of nitrogens with one attached hydrogen (secondary N) is 1. The molecule has 4 rings (SSSR count). The Morgan fingerprint density at radius 1 is 1.21 bits per heavy atom. The van der Waals surface area contributed by atoms with Crippen molar-refractivity contribution in [1.82, 2.24) is 20.0 Å². The largest absolute Gasteiger partial charge is 0.349 e. The van der Waals surface area contributed by atoms with Gasteiger partial charge < -0.3 is 5.32 Å². The van der Waals surface area contributed by atoms with E-state index in [1.54, 1.807) is 6.07 Å². The lowest BCUT2D eigenvalue weighted by Crippen LogP contribution is -2.40. The van der Waals surface area contributed by atoms with E-state index >= 15 is 0 Å². The summed E-state index contributed by atoms with van der Waals surface area (Å²) >= 11 is 1.85. The summed E-state index contributed by atoms with van der Waals surface area (Å²) in [6.45, 7) is 6.60. The number of carbonyl (C=O) groups excluding carboxylic acids is 1. The second-order valence-corrected chi connectivity index (χ2v) is 8.50. The fraction of sp³-hybridized carbons (Fsp3) is 0.364. The van der Waals surface area contributed by atoms with Crippen LogP contribution < -0.4 is 5.32 Å². The van der Waals surface area contributed by atoms with Gasteiger partial charge in [0.05, 0.1) is 6.04 Å². The van der Waals surface area contributed by atoms with Crippen LogP contribution in [0, 0.1) is 0 Å².